The van der Waals surface area contributed by atoms with Gasteiger partial charge in [-0.05, 0) is 124 Å². The molecule has 7 atom stereocenters. The van der Waals surface area contributed by atoms with E-state index in [0.29, 0.717) is 17.3 Å². The lowest BCUT2D eigenvalue weighted by Gasteiger charge is -2.51. The van der Waals surface area contributed by atoms with Crippen molar-refractivity contribution >= 4 is 5.69 Å². The van der Waals surface area contributed by atoms with Gasteiger partial charge >= 0.3 is 0 Å². The molecule has 3 fully saturated rings. The number of hydrogen-bond acceptors (Lipinski definition) is 1. The van der Waals surface area contributed by atoms with Crippen molar-refractivity contribution in [3.8, 4) is 11.8 Å². The molecular formula is C34H47N. The minimum atomic E-state index is 0.528. The molecule has 188 valence electrons. The van der Waals surface area contributed by atoms with Crippen molar-refractivity contribution in [2.75, 3.05) is 19.0 Å². The van der Waals surface area contributed by atoms with Gasteiger partial charge in [-0.2, -0.15) is 0 Å². The summed E-state index contributed by atoms with van der Waals surface area (Å²) in [5.41, 5.74) is 7.23. The van der Waals surface area contributed by atoms with Crippen molar-refractivity contribution in [2.24, 2.45) is 35.0 Å². The molecule has 0 aliphatic heterocycles. The van der Waals surface area contributed by atoms with E-state index in [1.807, 2.05) is 18.1 Å². The summed E-state index contributed by atoms with van der Waals surface area (Å²) in [5, 5.41) is 0. The second-order valence-electron chi connectivity index (χ2n) is 12.7. The van der Waals surface area contributed by atoms with Gasteiger partial charge < -0.3 is 4.90 Å². The maximum atomic E-state index is 3.95. The largest absolute Gasteiger partial charge is 0.378 e. The van der Waals surface area contributed by atoms with Gasteiger partial charge in [-0.3, -0.25) is 0 Å². The molecule has 7 unspecified atom stereocenters. The molecule has 1 nitrogen and oxygen atoms in total. The van der Waals surface area contributed by atoms with Gasteiger partial charge in [0, 0.05) is 31.6 Å². The Kier molecular flexibility index (Phi) is 7.21. The Morgan fingerprint density at radius 3 is 2.60 bits per heavy atom. The number of allylic oxidation sites excluding steroid dienone is 3. The average Bonchev–Trinajstić information content (AvgIpc) is 3.26. The molecule has 4 aliphatic rings. The van der Waals surface area contributed by atoms with E-state index in [-0.39, 0.29) is 0 Å². The Hall–Kier alpha value is -1.94. The van der Waals surface area contributed by atoms with Crippen molar-refractivity contribution in [1.82, 2.24) is 0 Å². The van der Waals surface area contributed by atoms with Crippen molar-refractivity contribution in [3.63, 3.8) is 0 Å². The Balaban J connectivity index is 1.50. The molecule has 1 heteroatoms. The molecule has 5 rings (SSSR count). The highest BCUT2D eigenvalue weighted by molar-refractivity contribution is 5.49. The summed E-state index contributed by atoms with van der Waals surface area (Å²) in [6.45, 7) is 8.58. The Morgan fingerprint density at radius 1 is 1.09 bits per heavy atom. The van der Waals surface area contributed by atoms with Crippen LogP contribution in [0.4, 0.5) is 5.69 Å². The van der Waals surface area contributed by atoms with Gasteiger partial charge in [0.2, 0.25) is 0 Å². The zero-order chi connectivity index (χ0) is 24.6. The molecule has 35 heavy (non-hydrogen) atoms. The topological polar surface area (TPSA) is 3.24 Å². The SMILES string of the molecule is C=CCCCC1(C)CCC2=C3C(c4ccc(N(C)C)cc4)CC4C(C#CC)CCC4C3CCC2C1. The van der Waals surface area contributed by atoms with Crippen LogP contribution < -0.4 is 4.90 Å². The molecule has 0 saturated heterocycles. The first-order valence-corrected chi connectivity index (χ1v) is 14.5. The molecule has 4 aliphatic carbocycles. The van der Waals surface area contributed by atoms with Gasteiger partial charge in [0.15, 0.2) is 0 Å². The maximum absolute atomic E-state index is 3.95. The van der Waals surface area contributed by atoms with Crippen LogP contribution in [0.15, 0.2) is 48.1 Å². The van der Waals surface area contributed by atoms with Gasteiger partial charge in [0.25, 0.3) is 0 Å². The first kappa shape index (κ1) is 24.7. The first-order valence-electron chi connectivity index (χ1n) is 14.5. The molecule has 0 aromatic heterocycles. The van der Waals surface area contributed by atoms with E-state index in [1.165, 1.54) is 76.3 Å². The van der Waals surface area contributed by atoms with Crippen molar-refractivity contribution in [1.29, 1.82) is 0 Å². The van der Waals surface area contributed by atoms with E-state index in [4.69, 9.17) is 0 Å². The van der Waals surface area contributed by atoms with Gasteiger partial charge in [0.05, 0.1) is 0 Å². The highest BCUT2D eigenvalue weighted by Crippen LogP contribution is 2.62. The van der Waals surface area contributed by atoms with Crippen LogP contribution in [0.3, 0.4) is 0 Å². The molecule has 0 spiro atoms. The summed E-state index contributed by atoms with van der Waals surface area (Å²) in [6, 6.07) is 9.59. The smallest absolute Gasteiger partial charge is 0.0361 e. The number of fused-ring (bicyclic) bond motifs is 4. The van der Waals surface area contributed by atoms with Crippen LogP contribution in [-0.4, -0.2) is 14.1 Å². The zero-order valence-corrected chi connectivity index (χ0v) is 22.8. The van der Waals surface area contributed by atoms with Crippen LogP contribution in [-0.2, 0) is 0 Å². The summed E-state index contributed by atoms with van der Waals surface area (Å²) in [6.07, 6.45) is 17.0. The quantitative estimate of drug-likeness (QED) is 0.229. The van der Waals surface area contributed by atoms with Crippen molar-refractivity contribution < 1.29 is 0 Å². The van der Waals surface area contributed by atoms with E-state index in [1.54, 1.807) is 5.56 Å². The summed E-state index contributed by atoms with van der Waals surface area (Å²) >= 11 is 0. The van der Waals surface area contributed by atoms with Crippen LogP contribution in [0.2, 0.25) is 0 Å². The number of hydrogen-bond donors (Lipinski definition) is 0. The van der Waals surface area contributed by atoms with Crippen LogP contribution >= 0.6 is 0 Å². The normalized spacial score (nSPS) is 35.9. The molecule has 0 bridgehead atoms. The minimum Gasteiger partial charge on any atom is -0.378 e. The third-order valence-corrected chi connectivity index (χ3v) is 10.4. The molecule has 1 aromatic rings. The monoisotopic (exact) mass is 469 g/mol. The molecular weight excluding hydrogens is 422 g/mol. The van der Waals surface area contributed by atoms with E-state index in [0.717, 1.165) is 23.7 Å². The minimum absolute atomic E-state index is 0.528. The Labute approximate surface area is 215 Å². The maximum Gasteiger partial charge on any atom is 0.0361 e. The molecule has 1 aromatic carbocycles. The number of anilines is 1. The Morgan fingerprint density at radius 2 is 1.89 bits per heavy atom. The van der Waals surface area contributed by atoms with Gasteiger partial charge in [-0.15, -0.1) is 12.5 Å². The molecule has 3 saturated carbocycles. The summed E-state index contributed by atoms with van der Waals surface area (Å²) in [4.78, 5) is 2.22. The molecule has 0 radical (unpaired) electrons. The fourth-order valence-electron chi connectivity index (χ4n) is 8.74. The van der Waals surface area contributed by atoms with Crippen molar-refractivity contribution in [3.05, 3.63) is 53.6 Å². The number of benzene rings is 1. The van der Waals surface area contributed by atoms with Crippen molar-refractivity contribution in [2.45, 2.75) is 90.4 Å². The van der Waals surface area contributed by atoms with Crippen LogP contribution in [0.25, 0.3) is 0 Å². The third kappa shape index (κ3) is 4.75. The molecule has 0 amide bonds. The van der Waals surface area contributed by atoms with E-state index in [2.05, 4.69) is 74.7 Å². The van der Waals surface area contributed by atoms with Crippen LogP contribution in [0.1, 0.15) is 96.0 Å². The summed E-state index contributed by atoms with van der Waals surface area (Å²) in [5.74, 6) is 11.5. The highest BCUT2D eigenvalue weighted by Gasteiger charge is 2.51. The Bertz CT molecular complexity index is 1000. The summed E-state index contributed by atoms with van der Waals surface area (Å²) in [7, 11) is 4.29. The second-order valence-corrected chi connectivity index (χ2v) is 12.7. The lowest BCUT2D eigenvalue weighted by molar-refractivity contribution is 0.128. The first-order chi connectivity index (χ1) is 16.9. The van der Waals surface area contributed by atoms with Gasteiger partial charge in [-0.1, -0.05) is 42.2 Å². The average molecular weight is 470 g/mol. The lowest BCUT2D eigenvalue weighted by Crippen LogP contribution is -2.39. The number of rotatable bonds is 6. The van der Waals surface area contributed by atoms with E-state index >= 15 is 0 Å². The highest BCUT2D eigenvalue weighted by atomic mass is 15.1. The lowest BCUT2D eigenvalue weighted by atomic mass is 9.54. The van der Waals surface area contributed by atoms with Crippen LogP contribution in [0.5, 0.6) is 0 Å². The second kappa shape index (κ2) is 10.2. The van der Waals surface area contributed by atoms with E-state index in [9.17, 15) is 0 Å². The predicted octanol–water partition coefficient (Wildman–Crippen LogP) is 8.77. The molecule has 0 heterocycles. The van der Waals surface area contributed by atoms with Gasteiger partial charge in [0.1, 0.15) is 0 Å². The number of nitrogens with zero attached hydrogens (tertiary/aromatic N) is 1. The molecule has 0 N–H and O–H groups in total. The predicted molar refractivity (Wildman–Crippen MR) is 151 cm³/mol. The summed E-state index contributed by atoms with van der Waals surface area (Å²) < 4.78 is 0. The number of unbranched alkanes of at least 4 members (excludes halogenated alkanes) is 1. The fourth-order valence-corrected chi connectivity index (χ4v) is 8.74. The third-order valence-electron chi connectivity index (χ3n) is 10.4. The van der Waals surface area contributed by atoms with Crippen LogP contribution in [0, 0.1) is 46.8 Å². The van der Waals surface area contributed by atoms with E-state index < -0.39 is 0 Å². The fraction of sp³-hybridized carbons (Fsp3) is 0.647. The van der Waals surface area contributed by atoms with Gasteiger partial charge in [-0.25, -0.2) is 0 Å². The zero-order valence-electron chi connectivity index (χ0n) is 22.8. The standard InChI is InChI=1S/C34H47N/c1-6-8-9-20-34(3)21-19-28-26(23-34)14-18-30-29-17-13-24(10-7-2)31(29)22-32(33(28)30)25-11-15-27(16-12-25)35(4)5/h6,11-12,15-16,24,26,29-32H,1,8-9,13-14,17-23H2,2-5H3.